The van der Waals surface area contributed by atoms with E-state index in [0.717, 1.165) is 19.3 Å². The summed E-state index contributed by atoms with van der Waals surface area (Å²) in [5.41, 5.74) is 0. The van der Waals surface area contributed by atoms with E-state index in [2.05, 4.69) is 0 Å². The molecule has 0 bridgehead atoms. The van der Waals surface area contributed by atoms with E-state index in [1.807, 2.05) is 0 Å². The summed E-state index contributed by atoms with van der Waals surface area (Å²) >= 11 is 0. The molecule has 1 heterocycles. The Labute approximate surface area is 96.0 Å². The quantitative estimate of drug-likeness (QED) is 0.765. The summed E-state index contributed by atoms with van der Waals surface area (Å²) in [7, 11) is -3.50. The van der Waals surface area contributed by atoms with Crippen LogP contribution in [0.3, 0.4) is 0 Å². The molecule has 1 atom stereocenters. The molecule has 0 aromatic carbocycles. The van der Waals surface area contributed by atoms with Gasteiger partial charge in [-0.3, -0.25) is 4.79 Å². The number of amides is 1. The highest BCUT2D eigenvalue weighted by Crippen LogP contribution is 2.33. The Kier molecular flexibility index (Phi) is 3.21. The third kappa shape index (κ3) is 2.95. The number of sulfonamides is 1. The predicted molar refractivity (Wildman–Crippen MR) is 60.1 cm³/mol. The molecule has 16 heavy (non-hydrogen) atoms. The number of nitrogens with zero attached hydrogens (tertiary/aromatic N) is 1. The average Bonchev–Trinajstić information content (AvgIpc) is 3.00. The van der Waals surface area contributed by atoms with Crippen molar-refractivity contribution in [2.75, 3.05) is 13.1 Å². The van der Waals surface area contributed by atoms with Crippen LogP contribution in [0.5, 0.6) is 0 Å². The van der Waals surface area contributed by atoms with Gasteiger partial charge in [-0.1, -0.05) is 0 Å². The molecule has 1 aliphatic heterocycles. The van der Waals surface area contributed by atoms with E-state index in [4.69, 9.17) is 5.14 Å². The van der Waals surface area contributed by atoms with Crippen LogP contribution < -0.4 is 5.14 Å². The molecule has 0 radical (unpaired) electrons. The summed E-state index contributed by atoms with van der Waals surface area (Å²) in [6.45, 7) is 0.960. The van der Waals surface area contributed by atoms with E-state index in [1.165, 1.54) is 0 Å². The van der Waals surface area contributed by atoms with Crippen LogP contribution >= 0.6 is 0 Å². The minimum absolute atomic E-state index is 0.0934. The van der Waals surface area contributed by atoms with E-state index in [0.29, 0.717) is 25.3 Å². The van der Waals surface area contributed by atoms with Crippen LogP contribution in [-0.4, -0.2) is 37.6 Å². The first-order valence-corrected chi connectivity index (χ1v) is 7.37. The lowest BCUT2D eigenvalue weighted by molar-refractivity contribution is -0.132. The highest BCUT2D eigenvalue weighted by atomic mass is 32.2. The second-order valence-electron chi connectivity index (χ2n) is 4.84. The Balaban J connectivity index is 1.92. The molecule has 6 heteroatoms. The number of primary sulfonamides is 1. The zero-order chi connectivity index (χ0) is 11.8. The Morgan fingerprint density at radius 2 is 2.00 bits per heavy atom. The fourth-order valence-corrected chi connectivity index (χ4v) is 3.01. The molecule has 1 amide bonds. The molecule has 2 rings (SSSR count). The molecule has 2 N–H and O–H groups in total. The summed E-state index contributed by atoms with van der Waals surface area (Å²) < 4.78 is 22.5. The van der Waals surface area contributed by atoms with Crippen molar-refractivity contribution in [3.8, 4) is 0 Å². The first kappa shape index (κ1) is 11.9. The average molecular weight is 246 g/mol. The topological polar surface area (TPSA) is 80.5 Å². The lowest BCUT2D eigenvalue weighted by atomic mass is 10.1. The number of hydrogen-bond acceptors (Lipinski definition) is 3. The molecule has 1 saturated carbocycles. The van der Waals surface area contributed by atoms with Crippen molar-refractivity contribution < 1.29 is 13.2 Å². The molecule has 1 unspecified atom stereocenters. The Morgan fingerprint density at radius 1 is 1.31 bits per heavy atom. The van der Waals surface area contributed by atoms with Crippen molar-refractivity contribution >= 4 is 15.9 Å². The van der Waals surface area contributed by atoms with E-state index in [9.17, 15) is 13.2 Å². The van der Waals surface area contributed by atoms with Gasteiger partial charge < -0.3 is 4.90 Å². The number of carbonyl (C=O) groups is 1. The predicted octanol–water partition coefficient (Wildman–Crippen LogP) is 0.0660. The maximum atomic E-state index is 11.8. The van der Waals surface area contributed by atoms with E-state index >= 15 is 0 Å². The normalized spacial score (nSPS) is 26.8. The summed E-state index contributed by atoms with van der Waals surface area (Å²) in [4.78, 5) is 13.5. The lowest BCUT2D eigenvalue weighted by Crippen LogP contribution is -2.47. The summed E-state index contributed by atoms with van der Waals surface area (Å²) in [5.74, 6) is 0.637. The van der Waals surface area contributed by atoms with Gasteiger partial charge in [-0.05, 0) is 31.6 Å². The lowest BCUT2D eigenvalue weighted by Gasteiger charge is -2.31. The minimum atomic E-state index is -3.50. The number of likely N-dealkylation sites (tertiary alicyclic amines) is 1. The van der Waals surface area contributed by atoms with Crippen LogP contribution in [0.1, 0.15) is 32.1 Å². The van der Waals surface area contributed by atoms with Crippen LogP contribution in [0, 0.1) is 5.92 Å². The maximum absolute atomic E-state index is 11.8. The monoisotopic (exact) mass is 246 g/mol. The Hall–Kier alpha value is -0.620. The van der Waals surface area contributed by atoms with Gasteiger partial charge in [-0.2, -0.15) is 0 Å². The van der Waals surface area contributed by atoms with Gasteiger partial charge in [-0.15, -0.1) is 0 Å². The minimum Gasteiger partial charge on any atom is -0.341 e. The summed E-state index contributed by atoms with van der Waals surface area (Å²) in [6, 6.07) is 0. The van der Waals surface area contributed by atoms with Crippen LogP contribution in [0.25, 0.3) is 0 Å². The molecule has 2 fully saturated rings. The van der Waals surface area contributed by atoms with Gasteiger partial charge in [0.05, 0.1) is 5.25 Å². The zero-order valence-electron chi connectivity index (χ0n) is 9.26. The molecule has 1 aliphatic carbocycles. The third-order valence-corrected chi connectivity index (χ3v) is 4.67. The zero-order valence-corrected chi connectivity index (χ0v) is 10.1. The van der Waals surface area contributed by atoms with Crippen molar-refractivity contribution in [1.29, 1.82) is 0 Å². The van der Waals surface area contributed by atoms with Crippen molar-refractivity contribution in [3.63, 3.8) is 0 Å². The van der Waals surface area contributed by atoms with Crippen LogP contribution in [0.15, 0.2) is 0 Å². The van der Waals surface area contributed by atoms with Gasteiger partial charge in [0.25, 0.3) is 0 Å². The molecule has 0 aromatic rings. The highest BCUT2D eigenvalue weighted by molar-refractivity contribution is 7.89. The fraction of sp³-hybridized carbons (Fsp3) is 0.900. The van der Waals surface area contributed by atoms with E-state index in [-0.39, 0.29) is 12.5 Å². The first-order chi connectivity index (χ1) is 7.47. The van der Waals surface area contributed by atoms with Crippen LogP contribution in [0.4, 0.5) is 0 Å². The number of rotatable bonds is 3. The molecule has 0 spiro atoms. The van der Waals surface area contributed by atoms with Gasteiger partial charge in [0.15, 0.2) is 0 Å². The van der Waals surface area contributed by atoms with Gasteiger partial charge in [-0.25, -0.2) is 13.6 Å². The Morgan fingerprint density at radius 3 is 2.56 bits per heavy atom. The largest absolute Gasteiger partial charge is 0.341 e. The van der Waals surface area contributed by atoms with Crippen molar-refractivity contribution in [2.45, 2.75) is 37.4 Å². The molecule has 5 nitrogen and oxygen atoms in total. The maximum Gasteiger partial charge on any atom is 0.222 e. The Bertz CT molecular complexity index is 376. The molecular weight excluding hydrogens is 228 g/mol. The van der Waals surface area contributed by atoms with Crippen molar-refractivity contribution in [3.05, 3.63) is 0 Å². The molecule has 92 valence electrons. The smallest absolute Gasteiger partial charge is 0.222 e. The first-order valence-electron chi connectivity index (χ1n) is 5.76. The second kappa shape index (κ2) is 4.33. The second-order valence-corrected chi connectivity index (χ2v) is 6.69. The standard InChI is InChI=1S/C10H18N2O3S/c11-16(14,15)9-2-1-5-12(7-9)10(13)6-8-3-4-8/h8-9H,1-7H2,(H2,11,14,15). The van der Waals surface area contributed by atoms with Crippen LogP contribution in [-0.2, 0) is 14.8 Å². The van der Waals surface area contributed by atoms with Gasteiger partial charge in [0.2, 0.25) is 15.9 Å². The summed E-state index contributed by atoms with van der Waals surface area (Å²) in [5, 5.41) is 4.56. The van der Waals surface area contributed by atoms with E-state index < -0.39 is 15.3 Å². The van der Waals surface area contributed by atoms with E-state index in [1.54, 1.807) is 4.90 Å². The van der Waals surface area contributed by atoms with Crippen molar-refractivity contribution in [2.24, 2.45) is 11.1 Å². The number of hydrogen-bond donors (Lipinski definition) is 1. The summed E-state index contributed by atoms with van der Waals surface area (Å²) in [6.07, 6.45) is 4.16. The SMILES string of the molecule is NS(=O)(=O)C1CCCN(C(=O)CC2CC2)C1. The van der Waals surface area contributed by atoms with Crippen LogP contribution in [0.2, 0.25) is 0 Å². The number of carbonyl (C=O) groups excluding carboxylic acids is 1. The van der Waals surface area contributed by atoms with Gasteiger partial charge >= 0.3 is 0 Å². The van der Waals surface area contributed by atoms with Crippen molar-refractivity contribution in [1.82, 2.24) is 4.90 Å². The molecular formula is C10H18N2O3S. The number of nitrogens with two attached hydrogens (primary N) is 1. The van der Waals surface area contributed by atoms with Gasteiger partial charge in [0.1, 0.15) is 0 Å². The number of piperidine rings is 1. The van der Waals surface area contributed by atoms with Gasteiger partial charge in [0, 0.05) is 19.5 Å². The molecule has 2 aliphatic rings. The molecule has 1 saturated heterocycles. The fourth-order valence-electron chi connectivity index (χ4n) is 2.13. The highest BCUT2D eigenvalue weighted by Gasteiger charge is 2.32. The molecule has 0 aromatic heterocycles. The third-order valence-electron chi connectivity index (χ3n) is 3.36.